The Balaban J connectivity index is 1.78. The first kappa shape index (κ1) is 13.9. The third-order valence-electron chi connectivity index (χ3n) is 3.13. The van der Waals surface area contributed by atoms with E-state index in [9.17, 15) is 0 Å². The van der Waals surface area contributed by atoms with Gasteiger partial charge >= 0.3 is 0 Å². The Morgan fingerprint density at radius 2 is 1.95 bits per heavy atom. The lowest BCUT2D eigenvalue weighted by atomic mass is 10.2. The van der Waals surface area contributed by atoms with Gasteiger partial charge in [-0.25, -0.2) is 15.0 Å². The molecule has 0 spiro atoms. The van der Waals surface area contributed by atoms with E-state index >= 15 is 0 Å². The molecular weight excluding hydrogens is 330 g/mol. The summed E-state index contributed by atoms with van der Waals surface area (Å²) in [6, 6.07) is 12.6. The molecule has 0 bridgehead atoms. The number of thiazole rings is 1. The topological polar surface area (TPSA) is 38.7 Å². The first-order valence-corrected chi connectivity index (χ1v) is 9.21. The summed E-state index contributed by atoms with van der Waals surface area (Å²) in [7, 11) is 0. The highest BCUT2D eigenvalue weighted by Gasteiger charge is 2.12. The summed E-state index contributed by atoms with van der Waals surface area (Å²) in [4.78, 5) is 15.6. The van der Waals surface area contributed by atoms with E-state index in [2.05, 4.69) is 50.7 Å². The van der Waals surface area contributed by atoms with Crippen molar-refractivity contribution in [2.24, 2.45) is 0 Å². The molecule has 0 atom stereocenters. The van der Waals surface area contributed by atoms with Crippen molar-refractivity contribution in [1.29, 1.82) is 0 Å². The molecule has 0 aliphatic rings. The maximum Gasteiger partial charge on any atom is 0.156 e. The number of benzene rings is 1. The third kappa shape index (κ3) is 2.65. The lowest BCUT2D eigenvalue weighted by molar-refractivity contribution is 1.10. The monoisotopic (exact) mass is 341 g/mol. The van der Waals surface area contributed by atoms with Crippen LogP contribution in [0.3, 0.4) is 0 Å². The molecule has 0 amide bonds. The maximum atomic E-state index is 4.50. The van der Waals surface area contributed by atoms with Crippen LogP contribution in [0.5, 0.6) is 0 Å². The van der Waals surface area contributed by atoms with Gasteiger partial charge in [-0.2, -0.15) is 0 Å². The van der Waals surface area contributed by atoms with Gasteiger partial charge < -0.3 is 0 Å². The Kier molecular flexibility index (Phi) is 3.65. The maximum absolute atomic E-state index is 4.50. The molecule has 3 aromatic heterocycles. The Morgan fingerprint density at radius 1 is 1.09 bits per heavy atom. The van der Waals surface area contributed by atoms with Crippen molar-refractivity contribution in [2.45, 2.75) is 16.3 Å². The molecule has 1 aromatic carbocycles. The van der Waals surface area contributed by atoms with Crippen molar-refractivity contribution < 1.29 is 0 Å². The molecule has 0 fully saturated rings. The molecule has 0 aliphatic carbocycles. The van der Waals surface area contributed by atoms with Crippen LogP contribution in [-0.2, 0) is 0 Å². The summed E-state index contributed by atoms with van der Waals surface area (Å²) in [5.74, 6) is 0. The number of hydrogen-bond acceptors (Lipinski definition) is 6. The molecule has 0 radical (unpaired) electrons. The lowest BCUT2D eigenvalue weighted by Gasteiger charge is -1.97. The van der Waals surface area contributed by atoms with E-state index in [-0.39, 0.29) is 0 Å². The van der Waals surface area contributed by atoms with Crippen LogP contribution in [0.4, 0.5) is 0 Å². The SMILES string of the molecule is Cc1csc(Sc2ncnc3sc(-c4ccccc4)cc23)n1. The third-order valence-corrected chi connectivity index (χ3v) is 6.30. The van der Waals surface area contributed by atoms with Crippen LogP contribution in [0.2, 0.25) is 0 Å². The molecule has 6 heteroatoms. The molecule has 0 saturated carbocycles. The minimum atomic E-state index is 0.970. The van der Waals surface area contributed by atoms with E-state index in [4.69, 9.17) is 0 Å². The highest BCUT2D eigenvalue weighted by atomic mass is 32.2. The van der Waals surface area contributed by atoms with Gasteiger partial charge in [0.05, 0.1) is 0 Å². The number of thiophene rings is 1. The van der Waals surface area contributed by atoms with Gasteiger partial charge in [0.2, 0.25) is 0 Å². The lowest BCUT2D eigenvalue weighted by Crippen LogP contribution is -1.82. The molecule has 4 aromatic rings. The molecule has 3 nitrogen and oxygen atoms in total. The highest BCUT2D eigenvalue weighted by molar-refractivity contribution is 8.01. The summed E-state index contributed by atoms with van der Waals surface area (Å²) < 4.78 is 1.02. The summed E-state index contributed by atoms with van der Waals surface area (Å²) in [6.07, 6.45) is 1.64. The van der Waals surface area contributed by atoms with E-state index in [0.717, 1.165) is 25.3 Å². The van der Waals surface area contributed by atoms with Gasteiger partial charge in [-0.3, -0.25) is 0 Å². The normalized spacial score (nSPS) is 11.1. The fourth-order valence-electron chi connectivity index (χ4n) is 2.12. The van der Waals surface area contributed by atoms with E-state index < -0.39 is 0 Å². The van der Waals surface area contributed by atoms with Crippen LogP contribution >= 0.6 is 34.4 Å². The molecule has 0 unspecified atom stereocenters. The largest absolute Gasteiger partial charge is 0.235 e. The van der Waals surface area contributed by atoms with Gasteiger partial charge in [-0.15, -0.1) is 22.7 Å². The van der Waals surface area contributed by atoms with Crippen LogP contribution in [-0.4, -0.2) is 15.0 Å². The van der Waals surface area contributed by atoms with Crippen LogP contribution < -0.4 is 0 Å². The second-order valence-electron chi connectivity index (χ2n) is 4.73. The molecule has 0 N–H and O–H groups in total. The summed E-state index contributed by atoms with van der Waals surface area (Å²) in [6.45, 7) is 2.01. The zero-order chi connectivity index (χ0) is 14.9. The van der Waals surface area contributed by atoms with Gasteiger partial charge in [0.1, 0.15) is 16.2 Å². The van der Waals surface area contributed by atoms with Gasteiger partial charge in [-0.05, 0) is 30.3 Å². The molecule has 0 aliphatic heterocycles. The van der Waals surface area contributed by atoms with Crippen molar-refractivity contribution in [3.63, 3.8) is 0 Å². The summed E-state index contributed by atoms with van der Waals surface area (Å²) in [5, 5.41) is 4.13. The zero-order valence-electron chi connectivity index (χ0n) is 11.7. The van der Waals surface area contributed by atoms with Crippen LogP contribution in [0, 0.1) is 6.92 Å². The van der Waals surface area contributed by atoms with Crippen molar-refractivity contribution in [2.75, 3.05) is 0 Å². The van der Waals surface area contributed by atoms with Gasteiger partial charge in [0, 0.05) is 21.3 Å². The summed E-state index contributed by atoms with van der Waals surface area (Å²) >= 11 is 4.96. The minimum Gasteiger partial charge on any atom is -0.235 e. The number of rotatable bonds is 3. The Bertz CT molecular complexity index is 928. The van der Waals surface area contributed by atoms with Crippen molar-refractivity contribution in [1.82, 2.24) is 15.0 Å². The molecular formula is C16H11N3S3. The Hall–Kier alpha value is -1.76. The molecule has 4 rings (SSSR count). The molecule has 3 heterocycles. The first-order valence-electron chi connectivity index (χ1n) is 6.69. The minimum absolute atomic E-state index is 0.970. The van der Waals surface area contributed by atoms with Crippen molar-refractivity contribution >= 4 is 44.7 Å². The smallest absolute Gasteiger partial charge is 0.156 e. The van der Waals surface area contributed by atoms with Crippen molar-refractivity contribution in [3.05, 3.63) is 53.8 Å². The quantitative estimate of drug-likeness (QED) is 0.476. The van der Waals surface area contributed by atoms with E-state index in [0.29, 0.717) is 0 Å². The van der Waals surface area contributed by atoms with Crippen LogP contribution in [0.15, 0.2) is 57.5 Å². The highest BCUT2D eigenvalue weighted by Crippen LogP contribution is 2.38. The molecule has 108 valence electrons. The number of aryl methyl sites for hydroxylation is 1. The standard InChI is InChI=1S/C16H11N3S3/c1-10-8-20-16(19-10)22-15-12-7-13(11-5-3-2-4-6-11)21-14(12)17-9-18-15/h2-9H,1H3. The predicted octanol–water partition coefficient (Wildman–Crippen LogP) is 5.27. The summed E-state index contributed by atoms with van der Waals surface area (Å²) in [5.41, 5.74) is 2.26. The number of hydrogen-bond donors (Lipinski definition) is 0. The fourth-order valence-corrected chi connectivity index (χ4v) is 5.01. The van der Waals surface area contributed by atoms with Crippen LogP contribution in [0.25, 0.3) is 20.7 Å². The number of fused-ring (bicyclic) bond motifs is 1. The van der Waals surface area contributed by atoms with E-state index in [1.807, 2.05) is 13.0 Å². The fraction of sp³-hybridized carbons (Fsp3) is 0.0625. The van der Waals surface area contributed by atoms with E-state index in [1.165, 1.54) is 10.4 Å². The predicted molar refractivity (Wildman–Crippen MR) is 93.8 cm³/mol. The second-order valence-corrected chi connectivity index (χ2v) is 7.86. The van der Waals surface area contributed by atoms with E-state index in [1.54, 1.807) is 40.8 Å². The Morgan fingerprint density at radius 3 is 2.73 bits per heavy atom. The molecule has 0 saturated heterocycles. The van der Waals surface area contributed by atoms with Crippen LogP contribution in [0.1, 0.15) is 5.69 Å². The molecule has 22 heavy (non-hydrogen) atoms. The average molecular weight is 341 g/mol. The second kappa shape index (κ2) is 5.79. The average Bonchev–Trinajstić information content (AvgIpc) is 3.15. The van der Waals surface area contributed by atoms with Gasteiger partial charge in [0.25, 0.3) is 0 Å². The Labute approximate surface area is 140 Å². The number of nitrogens with zero attached hydrogens (tertiary/aromatic N) is 3. The first-order chi connectivity index (χ1) is 10.8. The van der Waals surface area contributed by atoms with Gasteiger partial charge in [-0.1, -0.05) is 30.3 Å². The van der Waals surface area contributed by atoms with Crippen molar-refractivity contribution in [3.8, 4) is 10.4 Å². The zero-order valence-corrected chi connectivity index (χ0v) is 14.1. The number of aromatic nitrogens is 3. The van der Waals surface area contributed by atoms with Gasteiger partial charge in [0.15, 0.2) is 4.34 Å².